The predicted octanol–water partition coefficient (Wildman–Crippen LogP) is 3.67. The summed E-state index contributed by atoms with van der Waals surface area (Å²) in [6, 6.07) is -2.66. The Hall–Kier alpha value is -2.11. The van der Waals surface area contributed by atoms with Crippen LogP contribution < -0.4 is 10.6 Å². The van der Waals surface area contributed by atoms with Crippen LogP contribution in [0.15, 0.2) is 5.83 Å². The van der Waals surface area contributed by atoms with Crippen LogP contribution in [0.25, 0.3) is 5.57 Å². The van der Waals surface area contributed by atoms with E-state index in [0.29, 0.717) is 6.42 Å². The summed E-state index contributed by atoms with van der Waals surface area (Å²) in [5, 5.41) is 14.4. The van der Waals surface area contributed by atoms with Gasteiger partial charge >= 0.3 is 6.18 Å². The van der Waals surface area contributed by atoms with E-state index in [1.807, 2.05) is 0 Å². The minimum atomic E-state index is -4.58. The van der Waals surface area contributed by atoms with Crippen molar-refractivity contribution in [1.82, 2.24) is 15.0 Å². The van der Waals surface area contributed by atoms with E-state index in [4.69, 9.17) is 0 Å². The molecule has 1 aromatic rings. The Morgan fingerprint density at radius 1 is 1.14 bits per heavy atom. The number of hydrogen-bond donors (Lipinski definition) is 3. The Balaban J connectivity index is 1.91. The number of allylic oxidation sites excluding steroid dienone is 1. The first kappa shape index (κ1) is 20.6. The van der Waals surface area contributed by atoms with Crippen LogP contribution >= 0.6 is 0 Å². The topological polar surface area (TPSA) is 83.0 Å². The van der Waals surface area contributed by atoms with Gasteiger partial charge in [-0.25, -0.2) is 13.2 Å². The number of halogens is 6. The van der Waals surface area contributed by atoms with Crippen molar-refractivity contribution in [3.05, 3.63) is 11.7 Å². The maximum Gasteiger partial charge on any atom is 0.408 e. The number of nitrogens with zero attached hydrogens (tertiary/aromatic N) is 3. The maximum atomic E-state index is 14.3. The fraction of sp³-hybridized carbons (Fsp3) is 0.688. The van der Waals surface area contributed by atoms with Crippen molar-refractivity contribution in [2.24, 2.45) is 0 Å². The first-order valence-electron chi connectivity index (χ1n) is 8.75. The molecule has 0 spiro atoms. The average molecular weight is 411 g/mol. The molecule has 28 heavy (non-hydrogen) atoms. The average Bonchev–Trinajstić information content (AvgIpc) is 2.54. The molecular weight excluding hydrogens is 392 g/mol. The van der Waals surface area contributed by atoms with Gasteiger partial charge in [-0.05, 0) is 26.2 Å². The van der Waals surface area contributed by atoms with Crippen LogP contribution in [0.3, 0.4) is 0 Å². The number of anilines is 2. The molecule has 0 amide bonds. The summed E-state index contributed by atoms with van der Waals surface area (Å²) >= 11 is 0. The monoisotopic (exact) mass is 411 g/mol. The third kappa shape index (κ3) is 4.65. The first-order valence-corrected chi connectivity index (χ1v) is 8.75. The molecule has 6 nitrogen and oxygen atoms in total. The molecule has 0 saturated heterocycles. The van der Waals surface area contributed by atoms with Crippen molar-refractivity contribution in [2.45, 2.75) is 69.3 Å². The van der Waals surface area contributed by atoms with Crippen molar-refractivity contribution < 1.29 is 31.4 Å². The fourth-order valence-electron chi connectivity index (χ4n) is 3.00. The van der Waals surface area contributed by atoms with Crippen LogP contribution in [0.1, 0.15) is 44.9 Å². The van der Waals surface area contributed by atoms with E-state index >= 15 is 0 Å². The highest BCUT2D eigenvalue weighted by Gasteiger charge is 2.45. The Kier molecular flexibility index (Phi) is 5.43. The van der Waals surface area contributed by atoms with E-state index in [1.165, 1.54) is 0 Å². The number of alkyl halides is 5. The van der Waals surface area contributed by atoms with Gasteiger partial charge in [-0.3, -0.25) is 0 Å². The molecule has 1 heterocycles. The molecule has 2 aliphatic carbocycles. The first-order chi connectivity index (χ1) is 12.9. The number of nitrogens with one attached hydrogen (secondary N) is 2. The van der Waals surface area contributed by atoms with Gasteiger partial charge in [0.1, 0.15) is 18.0 Å². The van der Waals surface area contributed by atoms with Crippen LogP contribution in [0, 0.1) is 0 Å². The molecule has 3 N–H and O–H groups in total. The standard InChI is InChI=1S/C16H19F6N5O/c1-7(16(20,21)22)23-13-25-12(9-3-2-4-10(28)11(9)17)26-14(27-13)24-8-5-15(18,19)6-8/h7-8,10,28H,2-6H2,1H3,(H2,23,24,25,26,27)/t7-,10+/m1/s1. The molecule has 1 aromatic heterocycles. The molecule has 1 saturated carbocycles. The minimum absolute atomic E-state index is 0.0362. The minimum Gasteiger partial charge on any atom is -0.386 e. The smallest absolute Gasteiger partial charge is 0.386 e. The molecule has 0 unspecified atom stereocenters. The molecule has 156 valence electrons. The fourth-order valence-corrected chi connectivity index (χ4v) is 3.00. The molecule has 1 fully saturated rings. The lowest BCUT2D eigenvalue weighted by molar-refractivity contribution is -0.138. The van der Waals surface area contributed by atoms with Gasteiger partial charge in [0, 0.05) is 24.5 Å². The summed E-state index contributed by atoms with van der Waals surface area (Å²) in [6.45, 7) is 0.854. The zero-order valence-electron chi connectivity index (χ0n) is 14.8. The van der Waals surface area contributed by atoms with Gasteiger partial charge in [0.2, 0.25) is 11.9 Å². The van der Waals surface area contributed by atoms with Crippen molar-refractivity contribution in [2.75, 3.05) is 10.6 Å². The van der Waals surface area contributed by atoms with Gasteiger partial charge in [0.15, 0.2) is 5.82 Å². The normalized spacial score (nSPS) is 23.9. The summed E-state index contributed by atoms with van der Waals surface area (Å²) < 4.78 is 78.8. The number of aliphatic hydroxyl groups excluding tert-OH is 1. The lowest BCUT2D eigenvalue weighted by Crippen LogP contribution is -2.44. The van der Waals surface area contributed by atoms with Gasteiger partial charge < -0.3 is 15.7 Å². The Morgan fingerprint density at radius 2 is 1.79 bits per heavy atom. The molecule has 2 aliphatic rings. The van der Waals surface area contributed by atoms with E-state index in [1.54, 1.807) is 0 Å². The summed E-state index contributed by atoms with van der Waals surface area (Å²) in [7, 11) is 0. The second kappa shape index (κ2) is 7.37. The zero-order valence-corrected chi connectivity index (χ0v) is 14.8. The number of rotatable bonds is 5. The Morgan fingerprint density at radius 3 is 2.39 bits per heavy atom. The van der Waals surface area contributed by atoms with Gasteiger partial charge in [-0.1, -0.05) is 0 Å². The molecule has 0 bridgehead atoms. The van der Waals surface area contributed by atoms with Crippen molar-refractivity contribution in [3.63, 3.8) is 0 Å². The largest absolute Gasteiger partial charge is 0.408 e. The third-order valence-electron chi connectivity index (χ3n) is 4.65. The molecule has 12 heteroatoms. The van der Waals surface area contributed by atoms with Crippen molar-refractivity contribution in [3.8, 4) is 0 Å². The van der Waals surface area contributed by atoms with Crippen molar-refractivity contribution in [1.29, 1.82) is 0 Å². The number of aliphatic hydroxyl groups is 1. The molecule has 0 aromatic carbocycles. The van der Waals surface area contributed by atoms with Crippen LogP contribution in [0.5, 0.6) is 0 Å². The van der Waals surface area contributed by atoms with E-state index in [-0.39, 0.29) is 30.2 Å². The zero-order chi connectivity index (χ0) is 20.7. The number of hydrogen-bond acceptors (Lipinski definition) is 6. The molecule has 2 atom stereocenters. The van der Waals surface area contributed by atoms with Gasteiger partial charge in [0.25, 0.3) is 5.92 Å². The van der Waals surface area contributed by atoms with E-state index in [9.17, 15) is 31.4 Å². The predicted molar refractivity (Wildman–Crippen MR) is 88.4 cm³/mol. The quantitative estimate of drug-likeness (QED) is 0.642. The lowest BCUT2D eigenvalue weighted by atomic mass is 9.88. The Bertz CT molecular complexity index is 760. The van der Waals surface area contributed by atoms with Gasteiger partial charge in [-0.15, -0.1) is 0 Å². The molecular formula is C16H19F6N5O. The SMILES string of the molecule is C[C@@H](Nc1nc(NC2CC(F)(F)C2)nc(C2=C(F)[C@@H](O)CCC2)n1)C(F)(F)F. The van der Waals surface area contributed by atoms with E-state index < -0.39 is 54.9 Å². The number of aromatic nitrogens is 3. The van der Waals surface area contributed by atoms with E-state index in [2.05, 4.69) is 25.6 Å². The summed E-state index contributed by atoms with van der Waals surface area (Å²) in [4.78, 5) is 11.6. The second-order valence-corrected chi connectivity index (χ2v) is 7.05. The van der Waals surface area contributed by atoms with Crippen LogP contribution in [0.2, 0.25) is 0 Å². The van der Waals surface area contributed by atoms with Crippen LogP contribution in [-0.4, -0.2) is 50.3 Å². The summed E-state index contributed by atoms with van der Waals surface area (Å²) in [6.07, 6.45) is -6.03. The van der Waals surface area contributed by atoms with Crippen molar-refractivity contribution >= 4 is 17.5 Å². The highest BCUT2D eigenvalue weighted by molar-refractivity contribution is 5.65. The Labute approximate surface area is 156 Å². The van der Waals surface area contributed by atoms with Crippen LogP contribution in [0.4, 0.5) is 38.2 Å². The highest BCUT2D eigenvalue weighted by Crippen LogP contribution is 2.39. The van der Waals surface area contributed by atoms with E-state index in [0.717, 1.165) is 6.92 Å². The lowest BCUT2D eigenvalue weighted by Gasteiger charge is -2.35. The molecule has 0 aliphatic heterocycles. The molecule has 3 rings (SSSR count). The van der Waals surface area contributed by atoms with Gasteiger partial charge in [0.05, 0.1) is 0 Å². The summed E-state index contributed by atoms with van der Waals surface area (Å²) in [5.41, 5.74) is -0.0362. The third-order valence-corrected chi connectivity index (χ3v) is 4.65. The summed E-state index contributed by atoms with van der Waals surface area (Å²) in [5.74, 6) is -4.61. The second-order valence-electron chi connectivity index (χ2n) is 7.05. The highest BCUT2D eigenvalue weighted by atomic mass is 19.4. The van der Waals surface area contributed by atoms with Crippen LogP contribution in [-0.2, 0) is 0 Å². The van der Waals surface area contributed by atoms with Gasteiger partial charge in [-0.2, -0.15) is 28.1 Å². The maximum absolute atomic E-state index is 14.3. The molecule has 0 radical (unpaired) electrons.